The van der Waals surface area contributed by atoms with E-state index in [1.165, 1.54) is 0 Å². The van der Waals surface area contributed by atoms with Gasteiger partial charge in [-0.15, -0.1) is 23.5 Å². The smallest absolute Gasteiger partial charge is 0.233 e. The van der Waals surface area contributed by atoms with Gasteiger partial charge in [0.1, 0.15) is 10.7 Å². The van der Waals surface area contributed by atoms with Crippen molar-refractivity contribution in [2.24, 2.45) is 0 Å². The van der Waals surface area contributed by atoms with Crippen LogP contribution in [0, 0.1) is 0 Å². The highest BCUT2D eigenvalue weighted by molar-refractivity contribution is 8.00. The van der Waals surface area contributed by atoms with Crippen molar-refractivity contribution >= 4 is 35.3 Å². The summed E-state index contributed by atoms with van der Waals surface area (Å²) in [7, 11) is 0. The number of pyridine rings is 2. The summed E-state index contributed by atoms with van der Waals surface area (Å²) in [6, 6.07) is 11.6. The third kappa shape index (κ3) is 3.96. The molecule has 2 aromatic rings. The number of hydrogen-bond donors (Lipinski definition) is 0. The molecule has 4 rings (SSSR count). The van der Waals surface area contributed by atoms with E-state index in [2.05, 4.69) is 9.97 Å². The first-order valence-electron chi connectivity index (χ1n) is 8.88. The van der Waals surface area contributed by atoms with Gasteiger partial charge < -0.3 is 9.80 Å². The third-order valence-electron chi connectivity index (χ3n) is 4.62. The minimum Gasteiger partial charge on any atom is -0.324 e. The first kappa shape index (κ1) is 18.3. The average Bonchev–Trinajstić information content (AvgIpc) is 3.26. The van der Waals surface area contributed by atoms with Crippen molar-refractivity contribution in [3.05, 3.63) is 60.2 Å². The second-order valence-electron chi connectivity index (χ2n) is 6.36. The molecule has 8 heteroatoms. The number of carbonyl (C=O) groups excluding carboxylic acids is 2. The van der Waals surface area contributed by atoms with E-state index in [-0.39, 0.29) is 22.6 Å². The SMILES string of the molecule is O=C1CS[C@@H](c2ccccn2)N1CCCN1C(=O)CS[C@H]1c1ccccn1. The van der Waals surface area contributed by atoms with Gasteiger partial charge in [0.15, 0.2) is 0 Å². The lowest BCUT2D eigenvalue weighted by molar-refractivity contribution is -0.128. The van der Waals surface area contributed by atoms with Crippen molar-refractivity contribution in [1.29, 1.82) is 0 Å². The van der Waals surface area contributed by atoms with Gasteiger partial charge in [-0.25, -0.2) is 0 Å². The van der Waals surface area contributed by atoms with Gasteiger partial charge in [0.25, 0.3) is 0 Å². The highest BCUT2D eigenvalue weighted by atomic mass is 32.2. The van der Waals surface area contributed by atoms with Gasteiger partial charge in [0.2, 0.25) is 11.8 Å². The van der Waals surface area contributed by atoms with Crippen LogP contribution in [0.5, 0.6) is 0 Å². The van der Waals surface area contributed by atoms with E-state index in [1.54, 1.807) is 35.9 Å². The van der Waals surface area contributed by atoms with Crippen molar-refractivity contribution < 1.29 is 9.59 Å². The summed E-state index contributed by atoms with van der Waals surface area (Å²) in [6.07, 6.45) is 4.26. The van der Waals surface area contributed by atoms with Crippen LogP contribution >= 0.6 is 23.5 Å². The quantitative estimate of drug-likeness (QED) is 0.743. The number of hydrogen-bond acceptors (Lipinski definition) is 6. The summed E-state index contributed by atoms with van der Waals surface area (Å²) in [5, 5.41) is -0.0668. The molecular weight excluding hydrogens is 380 g/mol. The Labute approximate surface area is 166 Å². The molecule has 0 spiro atoms. The standard InChI is InChI=1S/C19H20N4O2S2/c24-16-12-26-18(14-6-1-3-8-20-14)22(16)10-5-11-23-17(25)13-27-19(23)15-7-2-4-9-21-15/h1-4,6-9,18-19H,5,10-13H2/t18-,19-/m0/s1. The molecule has 27 heavy (non-hydrogen) atoms. The molecule has 0 radical (unpaired) electrons. The molecule has 0 saturated carbocycles. The van der Waals surface area contributed by atoms with Crippen molar-refractivity contribution in [3.8, 4) is 0 Å². The lowest BCUT2D eigenvalue weighted by Crippen LogP contribution is -2.34. The maximum atomic E-state index is 12.3. The van der Waals surface area contributed by atoms with Crippen LogP contribution < -0.4 is 0 Å². The van der Waals surface area contributed by atoms with Crippen molar-refractivity contribution in [2.45, 2.75) is 17.2 Å². The largest absolute Gasteiger partial charge is 0.324 e. The second kappa shape index (κ2) is 8.31. The lowest BCUT2D eigenvalue weighted by Gasteiger charge is -2.27. The number of aromatic nitrogens is 2. The monoisotopic (exact) mass is 400 g/mol. The summed E-state index contributed by atoms with van der Waals surface area (Å²) in [5.74, 6) is 1.24. The molecular formula is C19H20N4O2S2. The minimum atomic E-state index is -0.0334. The Kier molecular flexibility index (Phi) is 5.63. The van der Waals surface area contributed by atoms with Gasteiger partial charge in [-0.1, -0.05) is 12.1 Å². The Morgan fingerprint density at radius 3 is 1.70 bits per heavy atom. The van der Waals surface area contributed by atoms with E-state index in [0.29, 0.717) is 24.6 Å². The van der Waals surface area contributed by atoms with Gasteiger partial charge in [-0.2, -0.15) is 0 Å². The highest BCUT2D eigenvalue weighted by Crippen LogP contribution is 2.39. The number of amides is 2. The predicted molar refractivity (Wildman–Crippen MR) is 107 cm³/mol. The fourth-order valence-corrected chi connectivity index (χ4v) is 5.70. The summed E-state index contributed by atoms with van der Waals surface area (Å²) < 4.78 is 0. The second-order valence-corrected chi connectivity index (χ2v) is 8.50. The Bertz CT molecular complexity index is 738. The van der Waals surface area contributed by atoms with Crippen LogP contribution in [-0.4, -0.2) is 56.2 Å². The Morgan fingerprint density at radius 1 is 0.815 bits per heavy atom. The molecule has 0 bridgehead atoms. The Morgan fingerprint density at radius 2 is 1.30 bits per heavy atom. The Balaban J connectivity index is 1.39. The van der Waals surface area contributed by atoms with Crippen LogP contribution in [0.1, 0.15) is 28.6 Å². The first-order valence-corrected chi connectivity index (χ1v) is 11.0. The number of rotatable bonds is 6. The van der Waals surface area contributed by atoms with Gasteiger partial charge in [0, 0.05) is 25.5 Å². The van der Waals surface area contributed by atoms with E-state index < -0.39 is 0 Å². The first-order chi connectivity index (χ1) is 13.2. The zero-order chi connectivity index (χ0) is 18.6. The topological polar surface area (TPSA) is 66.4 Å². The molecule has 2 fully saturated rings. The van der Waals surface area contributed by atoms with Crippen molar-refractivity contribution in [3.63, 3.8) is 0 Å². The van der Waals surface area contributed by atoms with Crippen LogP contribution in [0.2, 0.25) is 0 Å². The molecule has 2 saturated heterocycles. The zero-order valence-corrected chi connectivity index (χ0v) is 16.4. The normalized spacial score (nSPS) is 22.7. The molecule has 0 unspecified atom stereocenters. The van der Waals surface area contributed by atoms with E-state index in [1.807, 2.05) is 46.2 Å². The fourth-order valence-electron chi connectivity index (χ4n) is 3.34. The van der Waals surface area contributed by atoms with Gasteiger partial charge in [0.05, 0.1) is 22.9 Å². The van der Waals surface area contributed by atoms with E-state index >= 15 is 0 Å². The van der Waals surface area contributed by atoms with Gasteiger partial charge in [-0.3, -0.25) is 19.6 Å². The molecule has 2 aliphatic rings. The fraction of sp³-hybridized carbons (Fsp3) is 0.368. The summed E-state index contributed by atoms with van der Waals surface area (Å²) >= 11 is 3.22. The van der Waals surface area contributed by atoms with Crippen LogP contribution in [0.15, 0.2) is 48.8 Å². The maximum Gasteiger partial charge on any atom is 0.233 e. The summed E-state index contributed by atoms with van der Waals surface area (Å²) in [4.78, 5) is 37.2. The number of thioether (sulfide) groups is 2. The van der Waals surface area contributed by atoms with Crippen molar-refractivity contribution in [2.75, 3.05) is 24.6 Å². The lowest BCUT2D eigenvalue weighted by atomic mass is 10.2. The zero-order valence-electron chi connectivity index (χ0n) is 14.7. The molecule has 140 valence electrons. The van der Waals surface area contributed by atoms with E-state index in [0.717, 1.165) is 17.8 Å². The van der Waals surface area contributed by atoms with Crippen LogP contribution in [0.4, 0.5) is 0 Å². The van der Waals surface area contributed by atoms with Gasteiger partial charge >= 0.3 is 0 Å². The predicted octanol–water partition coefficient (Wildman–Crippen LogP) is 2.71. The highest BCUT2D eigenvalue weighted by Gasteiger charge is 2.35. The molecule has 4 heterocycles. The minimum absolute atomic E-state index is 0.0334. The van der Waals surface area contributed by atoms with Crippen LogP contribution in [-0.2, 0) is 9.59 Å². The molecule has 6 nitrogen and oxygen atoms in total. The number of carbonyl (C=O) groups is 2. The molecule has 0 N–H and O–H groups in total. The van der Waals surface area contributed by atoms with Crippen molar-refractivity contribution in [1.82, 2.24) is 19.8 Å². The van der Waals surface area contributed by atoms with E-state index in [9.17, 15) is 9.59 Å². The molecule has 0 aromatic carbocycles. The average molecular weight is 401 g/mol. The molecule has 2 atom stereocenters. The summed E-state index contributed by atoms with van der Waals surface area (Å²) in [5.41, 5.74) is 1.82. The molecule has 2 aliphatic heterocycles. The third-order valence-corrected chi connectivity index (χ3v) is 7.07. The van der Waals surface area contributed by atoms with Crippen LogP contribution in [0.3, 0.4) is 0 Å². The molecule has 2 aromatic heterocycles. The summed E-state index contributed by atoms with van der Waals surface area (Å²) in [6.45, 7) is 1.24. The molecule has 0 aliphatic carbocycles. The van der Waals surface area contributed by atoms with E-state index in [4.69, 9.17) is 0 Å². The van der Waals surface area contributed by atoms with Crippen LogP contribution in [0.25, 0.3) is 0 Å². The van der Waals surface area contributed by atoms with Gasteiger partial charge in [-0.05, 0) is 30.7 Å². The maximum absolute atomic E-state index is 12.3. The number of nitrogens with zero attached hydrogens (tertiary/aromatic N) is 4. The Hall–Kier alpha value is -2.06. The molecule has 2 amide bonds.